The van der Waals surface area contributed by atoms with E-state index < -0.39 is 0 Å². The molecule has 1 aromatic carbocycles. The highest BCUT2D eigenvalue weighted by Gasteiger charge is 2.17. The summed E-state index contributed by atoms with van der Waals surface area (Å²) in [5, 5.41) is 11.6. The maximum Gasteiger partial charge on any atom is 0.236 e. The molecule has 3 rings (SSSR count). The molecule has 0 unspecified atom stereocenters. The van der Waals surface area contributed by atoms with E-state index in [0.29, 0.717) is 18.3 Å². The smallest absolute Gasteiger partial charge is 0.236 e. The number of carbonyl (C=O) groups excluding carboxylic acids is 1. The Bertz CT molecular complexity index is 672. The van der Waals surface area contributed by atoms with Crippen LogP contribution in [0.25, 0.3) is 0 Å². The highest BCUT2D eigenvalue weighted by molar-refractivity contribution is 8.14. The van der Waals surface area contributed by atoms with Crippen LogP contribution in [-0.2, 0) is 9.53 Å². The molecule has 0 aliphatic carbocycles. The lowest BCUT2D eigenvalue weighted by atomic mass is 10.3. The first-order valence-corrected chi connectivity index (χ1v) is 9.33. The average Bonchev–Trinajstić information content (AvgIpc) is 3.13. The van der Waals surface area contributed by atoms with E-state index in [1.807, 2.05) is 30.3 Å². The van der Waals surface area contributed by atoms with Crippen LogP contribution in [0.15, 0.2) is 40.8 Å². The second-order valence-corrected chi connectivity index (χ2v) is 6.69. The molecular formula is C15H17N5O2S2. The van der Waals surface area contributed by atoms with E-state index in [0.717, 1.165) is 23.9 Å². The number of thioether (sulfide) groups is 1. The lowest BCUT2D eigenvalue weighted by Gasteiger charge is -2.29. The third-order valence-corrected chi connectivity index (χ3v) is 4.82. The van der Waals surface area contributed by atoms with Gasteiger partial charge >= 0.3 is 0 Å². The number of rotatable bonds is 4. The van der Waals surface area contributed by atoms with E-state index in [9.17, 15) is 4.79 Å². The van der Waals surface area contributed by atoms with Crippen LogP contribution >= 0.6 is 23.1 Å². The van der Waals surface area contributed by atoms with E-state index in [1.165, 1.54) is 23.1 Å². The molecule has 1 aromatic heterocycles. The molecule has 24 heavy (non-hydrogen) atoms. The number of para-hydroxylation sites is 1. The summed E-state index contributed by atoms with van der Waals surface area (Å²) in [6.07, 6.45) is 0. The van der Waals surface area contributed by atoms with Gasteiger partial charge in [-0.25, -0.2) is 4.99 Å². The van der Waals surface area contributed by atoms with E-state index in [-0.39, 0.29) is 11.7 Å². The van der Waals surface area contributed by atoms with Gasteiger partial charge in [-0.2, -0.15) is 0 Å². The van der Waals surface area contributed by atoms with Crippen molar-refractivity contribution in [3.63, 3.8) is 0 Å². The molecule has 7 nitrogen and oxygen atoms in total. The maximum atomic E-state index is 12.1. The highest BCUT2D eigenvalue weighted by Crippen LogP contribution is 2.19. The molecule has 9 heteroatoms. The van der Waals surface area contributed by atoms with E-state index in [2.05, 4.69) is 20.4 Å². The molecule has 1 aliphatic heterocycles. The molecule has 1 aliphatic rings. The molecule has 2 heterocycles. The SMILES string of the molecule is O=C(CSC(=Nc1ccccc1)N1CCOCC1)Nc1nncs1. The van der Waals surface area contributed by atoms with Crippen molar-refractivity contribution in [2.45, 2.75) is 0 Å². The molecule has 2 aromatic rings. The molecule has 1 saturated heterocycles. The quantitative estimate of drug-likeness (QED) is 0.663. The zero-order chi connectivity index (χ0) is 16.6. The summed E-state index contributed by atoms with van der Waals surface area (Å²) in [6, 6.07) is 9.74. The lowest BCUT2D eigenvalue weighted by Crippen LogP contribution is -2.39. The Labute approximate surface area is 148 Å². The molecule has 126 valence electrons. The average molecular weight is 363 g/mol. The normalized spacial score (nSPS) is 15.3. The van der Waals surface area contributed by atoms with Crippen molar-refractivity contribution in [3.8, 4) is 0 Å². The predicted molar refractivity (Wildman–Crippen MR) is 96.9 cm³/mol. The van der Waals surface area contributed by atoms with Crippen LogP contribution in [0.5, 0.6) is 0 Å². The Balaban J connectivity index is 1.65. The molecule has 0 bridgehead atoms. The molecule has 1 fully saturated rings. The first kappa shape index (κ1) is 16.9. The summed E-state index contributed by atoms with van der Waals surface area (Å²) in [6.45, 7) is 2.89. The summed E-state index contributed by atoms with van der Waals surface area (Å²) >= 11 is 2.71. The van der Waals surface area contributed by atoms with Gasteiger partial charge in [0, 0.05) is 13.1 Å². The zero-order valence-corrected chi connectivity index (χ0v) is 14.6. The second kappa shape index (κ2) is 8.76. The molecule has 1 N–H and O–H groups in total. The number of benzene rings is 1. The molecule has 1 amide bonds. The number of amidine groups is 1. The Kier molecular flexibility index (Phi) is 6.16. The number of aromatic nitrogens is 2. The Morgan fingerprint density at radius 3 is 2.83 bits per heavy atom. The monoisotopic (exact) mass is 363 g/mol. The van der Waals surface area contributed by atoms with Gasteiger partial charge in [-0.1, -0.05) is 41.3 Å². The largest absolute Gasteiger partial charge is 0.378 e. The topological polar surface area (TPSA) is 79.7 Å². The number of morpholine rings is 1. The van der Waals surface area contributed by atoms with Gasteiger partial charge in [-0.15, -0.1) is 10.2 Å². The third kappa shape index (κ3) is 5.02. The van der Waals surface area contributed by atoms with Crippen LogP contribution in [-0.4, -0.2) is 58.2 Å². The standard InChI is InChI=1S/C15H17N5O2S2/c21-13(18-14-19-16-11-24-14)10-23-15(20-6-8-22-9-7-20)17-12-4-2-1-3-5-12/h1-5,11H,6-10H2,(H,18,19,21). The first-order chi connectivity index (χ1) is 11.8. The number of aliphatic imine (C=N–C) groups is 1. The van der Waals surface area contributed by atoms with Crippen LogP contribution in [0.1, 0.15) is 0 Å². The minimum absolute atomic E-state index is 0.120. The number of anilines is 1. The lowest BCUT2D eigenvalue weighted by molar-refractivity contribution is -0.113. The minimum atomic E-state index is -0.120. The fourth-order valence-electron chi connectivity index (χ4n) is 2.07. The molecular weight excluding hydrogens is 346 g/mol. The summed E-state index contributed by atoms with van der Waals surface area (Å²) < 4.78 is 5.40. The van der Waals surface area contributed by atoms with E-state index in [1.54, 1.807) is 5.51 Å². The van der Waals surface area contributed by atoms with Crippen molar-refractivity contribution in [2.24, 2.45) is 4.99 Å². The third-order valence-electron chi connectivity index (χ3n) is 3.20. The van der Waals surface area contributed by atoms with Gasteiger partial charge in [0.2, 0.25) is 11.0 Å². The van der Waals surface area contributed by atoms with Gasteiger partial charge in [0.15, 0.2) is 5.17 Å². The number of amides is 1. The summed E-state index contributed by atoms with van der Waals surface area (Å²) in [7, 11) is 0. The van der Waals surface area contributed by atoms with Crippen LogP contribution in [0.4, 0.5) is 10.8 Å². The number of ether oxygens (including phenoxy) is 1. The number of nitrogens with one attached hydrogen (secondary N) is 1. The summed E-state index contributed by atoms with van der Waals surface area (Å²) in [5.74, 6) is 0.147. The van der Waals surface area contributed by atoms with Crippen molar-refractivity contribution in [1.29, 1.82) is 0 Å². The molecule has 0 atom stereocenters. The van der Waals surface area contributed by atoms with Gasteiger partial charge in [0.25, 0.3) is 0 Å². The minimum Gasteiger partial charge on any atom is -0.378 e. The van der Waals surface area contributed by atoms with Gasteiger partial charge in [0.05, 0.1) is 24.7 Å². The maximum absolute atomic E-state index is 12.1. The van der Waals surface area contributed by atoms with Crippen LogP contribution in [0.3, 0.4) is 0 Å². The van der Waals surface area contributed by atoms with E-state index in [4.69, 9.17) is 9.73 Å². The van der Waals surface area contributed by atoms with Gasteiger partial charge < -0.3 is 9.64 Å². The summed E-state index contributed by atoms with van der Waals surface area (Å²) in [4.78, 5) is 18.9. The van der Waals surface area contributed by atoms with Crippen LogP contribution in [0, 0.1) is 0 Å². The van der Waals surface area contributed by atoms with Crippen LogP contribution < -0.4 is 5.32 Å². The number of carbonyl (C=O) groups is 1. The number of hydrogen-bond donors (Lipinski definition) is 1. The van der Waals surface area contributed by atoms with Crippen molar-refractivity contribution in [1.82, 2.24) is 15.1 Å². The second-order valence-electron chi connectivity index (χ2n) is 4.91. The van der Waals surface area contributed by atoms with E-state index >= 15 is 0 Å². The highest BCUT2D eigenvalue weighted by atomic mass is 32.2. The molecule has 0 spiro atoms. The van der Waals surface area contributed by atoms with Gasteiger partial charge in [0.1, 0.15) is 5.51 Å². The van der Waals surface area contributed by atoms with Gasteiger partial charge in [-0.3, -0.25) is 10.1 Å². The summed E-state index contributed by atoms with van der Waals surface area (Å²) in [5.41, 5.74) is 2.45. The molecule has 0 saturated carbocycles. The number of nitrogens with zero attached hydrogens (tertiary/aromatic N) is 4. The molecule has 0 radical (unpaired) electrons. The van der Waals surface area contributed by atoms with Crippen molar-refractivity contribution in [3.05, 3.63) is 35.8 Å². The Morgan fingerprint density at radius 1 is 1.33 bits per heavy atom. The van der Waals surface area contributed by atoms with Crippen LogP contribution in [0.2, 0.25) is 0 Å². The Hall–Kier alpha value is -1.97. The Morgan fingerprint density at radius 2 is 2.12 bits per heavy atom. The van der Waals surface area contributed by atoms with Crippen molar-refractivity contribution < 1.29 is 9.53 Å². The number of hydrogen-bond acceptors (Lipinski definition) is 7. The first-order valence-electron chi connectivity index (χ1n) is 7.46. The van der Waals surface area contributed by atoms with Crippen molar-refractivity contribution >= 4 is 45.0 Å². The fraction of sp³-hybridized carbons (Fsp3) is 0.333. The van der Waals surface area contributed by atoms with Gasteiger partial charge in [-0.05, 0) is 12.1 Å². The van der Waals surface area contributed by atoms with Crippen molar-refractivity contribution in [2.75, 3.05) is 37.4 Å². The predicted octanol–water partition coefficient (Wildman–Crippen LogP) is 2.23. The fourth-order valence-corrected chi connectivity index (χ4v) is 3.40. The zero-order valence-electron chi connectivity index (χ0n) is 12.9.